The summed E-state index contributed by atoms with van der Waals surface area (Å²) >= 11 is 8.05. The molecule has 1 saturated carbocycles. The Morgan fingerprint density at radius 3 is 2.60 bits per heavy atom. The molecule has 0 heterocycles. The molecule has 0 radical (unpaired) electrons. The highest BCUT2D eigenvalue weighted by molar-refractivity contribution is 9.10. The monoisotopic (exact) mass is 362 g/mol. The van der Waals surface area contributed by atoms with Gasteiger partial charge in [-0.25, -0.2) is 8.78 Å². The van der Waals surface area contributed by atoms with Crippen LogP contribution in [-0.2, 0) is 6.54 Å². The Kier molecular flexibility index (Phi) is 5.46. The summed E-state index contributed by atoms with van der Waals surface area (Å²) in [6.45, 7) is 0.588. The molecule has 1 aromatic rings. The summed E-state index contributed by atoms with van der Waals surface area (Å²) in [6.07, 6.45) is 4.34. The van der Waals surface area contributed by atoms with Crippen molar-refractivity contribution in [2.45, 2.75) is 38.3 Å². The van der Waals surface area contributed by atoms with Crippen molar-refractivity contribution in [3.63, 3.8) is 0 Å². The van der Waals surface area contributed by atoms with Crippen LogP contribution in [0.4, 0.5) is 8.78 Å². The second-order valence-electron chi connectivity index (χ2n) is 5.13. The number of benzene rings is 1. The van der Waals surface area contributed by atoms with Gasteiger partial charge in [0.15, 0.2) is 0 Å². The summed E-state index contributed by atoms with van der Waals surface area (Å²) in [6, 6.07) is 2.95. The first-order valence-electron chi connectivity index (χ1n) is 6.63. The highest BCUT2D eigenvalue weighted by Gasteiger charge is 2.25. The van der Waals surface area contributed by atoms with Gasteiger partial charge >= 0.3 is 0 Å². The van der Waals surface area contributed by atoms with E-state index >= 15 is 0 Å². The number of hydrogen-bond acceptors (Lipinski definition) is 2. The molecule has 0 amide bonds. The van der Waals surface area contributed by atoms with E-state index in [0.29, 0.717) is 17.6 Å². The number of nitrogens with zero attached hydrogens (tertiary/aromatic N) is 1. The van der Waals surface area contributed by atoms with E-state index in [2.05, 4.69) is 15.9 Å². The largest absolute Gasteiger partial charge is 0.392 e. The second-order valence-corrected chi connectivity index (χ2v) is 6.51. The topological polar surface area (TPSA) is 29.3 Å². The van der Waals surface area contributed by atoms with Gasteiger partial charge in [-0.3, -0.25) is 4.90 Å². The first-order chi connectivity index (χ1) is 9.49. The molecule has 1 aliphatic rings. The van der Waals surface area contributed by atoms with Crippen molar-refractivity contribution in [2.75, 3.05) is 6.54 Å². The lowest BCUT2D eigenvalue weighted by atomic mass is 10.1. The lowest BCUT2D eigenvalue weighted by Crippen LogP contribution is -2.39. The second kappa shape index (κ2) is 6.91. The van der Waals surface area contributed by atoms with Crippen molar-refractivity contribution in [3.8, 4) is 0 Å². The van der Waals surface area contributed by atoms with Crippen LogP contribution in [0.15, 0.2) is 16.6 Å². The lowest BCUT2D eigenvalue weighted by Gasteiger charge is -2.28. The molecule has 0 bridgehead atoms. The number of nitrogens with two attached hydrogens (primary N) is 1. The molecule has 0 spiro atoms. The standard InChI is InChI=1S/C14H17BrF2N2S/c15-11-5-6-12(16)10(14(11)17)7-19(8-13(18)20)9-3-1-2-4-9/h5-6,9H,1-4,7-8H2,(H2,18,20). The molecule has 6 heteroatoms. The van der Waals surface area contributed by atoms with E-state index in [4.69, 9.17) is 18.0 Å². The summed E-state index contributed by atoms with van der Waals surface area (Å²) in [5.41, 5.74) is 5.69. The minimum atomic E-state index is -0.545. The Hall–Kier alpha value is -0.590. The molecule has 1 aliphatic carbocycles. The van der Waals surface area contributed by atoms with Crippen LogP contribution in [0.25, 0.3) is 0 Å². The summed E-state index contributed by atoms with van der Waals surface area (Å²) in [4.78, 5) is 2.34. The maximum atomic E-state index is 14.1. The maximum absolute atomic E-state index is 14.1. The molecule has 2 rings (SSSR count). The van der Waals surface area contributed by atoms with E-state index in [9.17, 15) is 8.78 Å². The predicted octanol–water partition coefficient (Wildman–Crippen LogP) is 3.76. The van der Waals surface area contributed by atoms with Crippen molar-refractivity contribution < 1.29 is 8.78 Å². The average Bonchev–Trinajstić information content (AvgIpc) is 2.91. The normalized spacial score (nSPS) is 16.0. The number of hydrogen-bond donors (Lipinski definition) is 1. The Morgan fingerprint density at radius 1 is 1.35 bits per heavy atom. The van der Waals surface area contributed by atoms with Gasteiger partial charge in [0.05, 0.1) is 9.46 Å². The smallest absolute Gasteiger partial charge is 0.144 e. The van der Waals surface area contributed by atoms with Crippen LogP contribution in [-0.4, -0.2) is 22.5 Å². The van der Waals surface area contributed by atoms with Crippen molar-refractivity contribution in [1.82, 2.24) is 4.90 Å². The summed E-state index contributed by atoms with van der Waals surface area (Å²) in [5.74, 6) is -1.08. The predicted molar refractivity (Wildman–Crippen MR) is 83.5 cm³/mol. The third-order valence-electron chi connectivity index (χ3n) is 3.70. The molecule has 1 aromatic carbocycles. The zero-order chi connectivity index (χ0) is 14.7. The molecular weight excluding hydrogens is 346 g/mol. The minimum absolute atomic E-state index is 0.0718. The van der Waals surface area contributed by atoms with Crippen LogP contribution in [0.2, 0.25) is 0 Å². The molecule has 1 fully saturated rings. The first-order valence-corrected chi connectivity index (χ1v) is 7.84. The zero-order valence-electron chi connectivity index (χ0n) is 11.0. The van der Waals surface area contributed by atoms with Crippen molar-refractivity contribution in [2.24, 2.45) is 5.73 Å². The maximum Gasteiger partial charge on any atom is 0.144 e. The van der Waals surface area contributed by atoms with Gasteiger partial charge in [-0.15, -0.1) is 0 Å². The van der Waals surface area contributed by atoms with Crippen molar-refractivity contribution in [1.29, 1.82) is 0 Å². The third-order valence-corrected chi connectivity index (χ3v) is 4.44. The fraction of sp³-hybridized carbons (Fsp3) is 0.500. The van der Waals surface area contributed by atoms with Gasteiger partial charge in [0, 0.05) is 24.7 Å². The molecule has 0 unspecified atom stereocenters. The van der Waals surface area contributed by atoms with Crippen LogP contribution >= 0.6 is 28.1 Å². The highest BCUT2D eigenvalue weighted by Crippen LogP contribution is 2.28. The van der Waals surface area contributed by atoms with Crippen molar-refractivity contribution >= 4 is 33.1 Å². The van der Waals surface area contributed by atoms with E-state index in [1.165, 1.54) is 12.1 Å². The molecule has 0 atom stereocenters. The Bertz CT molecular complexity index is 504. The number of halogens is 3. The van der Waals surface area contributed by atoms with Crippen LogP contribution in [0, 0.1) is 11.6 Å². The molecule has 110 valence electrons. The molecule has 0 saturated heterocycles. The van der Waals surface area contributed by atoms with Crippen LogP contribution in [0.3, 0.4) is 0 Å². The first kappa shape index (κ1) is 15.8. The molecule has 2 N–H and O–H groups in total. The van der Waals surface area contributed by atoms with Gasteiger partial charge in [0.2, 0.25) is 0 Å². The Morgan fingerprint density at radius 2 is 2.00 bits per heavy atom. The van der Waals surface area contributed by atoms with Gasteiger partial charge in [0.25, 0.3) is 0 Å². The molecular formula is C14H17BrF2N2S. The number of rotatable bonds is 5. The SMILES string of the molecule is NC(=S)CN(Cc1c(F)ccc(Br)c1F)C1CCCC1. The molecule has 2 nitrogen and oxygen atoms in total. The summed E-state index contributed by atoms with van der Waals surface area (Å²) in [5, 5.41) is 0. The summed E-state index contributed by atoms with van der Waals surface area (Å²) in [7, 11) is 0. The third kappa shape index (κ3) is 3.74. The van der Waals surface area contributed by atoms with E-state index in [1.54, 1.807) is 0 Å². The average molecular weight is 363 g/mol. The molecule has 0 aromatic heterocycles. The van der Waals surface area contributed by atoms with E-state index in [1.807, 2.05) is 4.90 Å². The fourth-order valence-electron chi connectivity index (χ4n) is 2.70. The Labute approximate surface area is 131 Å². The minimum Gasteiger partial charge on any atom is -0.392 e. The van der Waals surface area contributed by atoms with Gasteiger partial charge in [-0.2, -0.15) is 0 Å². The summed E-state index contributed by atoms with van der Waals surface area (Å²) < 4.78 is 28.2. The van der Waals surface area contributed by atoms with Gasteiger partial charge < -0.3 is 5.73 Å². The lowest BCUT2D eigenvalue weighted by molar-refractivity contribution is 0.213. The van der Waals surface area contributed by atoms with Crippen LogP contribution in [0.1, 0.15) is 31.2 Å². The van der Waals surface area contributed by atoms with Gasteiger partial charge in [0.1, 0.15) is 11.6 Å². The van der Waals surface area contributed by atoms with Crippen LogP contribution in [0.5, 0.6) is 0 Å². The molecule has 20 heavy (non-hydrogen) atoms. The van der Waals surface area contributed by atoms with Crippen LogP contribution < -0.4 is 5.73 Å². The molecule has 0 aliphatic heterocycles. The quantitative estimate of drug-likeness (QED) is 0.638. The van der Waals surface area contributed by atoms with Crippen molar-refractivity contribution in [3.05, 3.63) is 33.8 Å². The van der Waals surface area contributed by atoms with Gasteiger partial charge in [-0.1, -0.05) is 25.1 Å². The zero-order valence-corrected chi connectivity index (χ0v) is 13.4. The van der Waals surface area contributed by atoms with E-state index in [-0.39, 0.29) is 16.6 Å². The van der Waals surface area contributed by atoms with E-state index < -0.39 is 11.6 Å². The van der Waals surface area contributed by atoms with E-state index in [0.717, 1.165) is 25.7 Å². The highest BCUT2D eigenvalue weighted by atomic mass is 79.9. The fourth-order valence-corrected chi connectivity index (χ4v) is 3.24. The van der Waals surface area contributed by atoms with Gasteiger partial charge in [-0.05, 0) is 40.9 Å². The number of thiocarbonyl (C=S) groups is 1. The Balaban J connectivity index is 2.22.